The van der Waals surface area contributed by atoms with Crippen LogP contribution in [0.2, 0.25) is 5.02 Å². The minimum Gasteiger partial charge on any atom is -0.409 e. The lowest BCUT2D eigenvalue weighted by molar-refractivity contribution is 0.143. The third-order valence-electron chi connectivity index (χ3n) is 4.93. The average Bonchev–Trinajstić information content (AvgIpc) is 3.25. The first-order valence-electron chi connectivity index (χ1n) is 9.25. The second kappa shape index (κ2) is 8.23. The summed E-state index contributed by atoms with van der Waals surface area (Å²) in [4.78, 5) is 2.48. The van der Waals surface area contributed by atoms with Gasteiger partial charge in [0.1, 0.15) is 10.6 Å². The van der Waals surface area contributed by atoms with Gasteiger partial charge < -0.3 is 8.94 Å². The smallest absolute Gasteiger partial charge is 0.288 e. The van der Waals surface area contributed by atoms with Crippen LogP contribution in [0.25, 0.3) is 11.5 Å². The maximum absolute atomic E-state index is 12.9. The maximum Gasteiger partial charge on any atom is 0.288 e. The molecule has 2 aromatic heterocycles. The molecule has 0 saturated carbocycles. The Hall–Kier alpha value is -2.05. The van der Waals surface area contributed by atoms with Gasteiger partial charge >= 0.3 is 0 Å². The molecule has 3 heterocycles. The highest BCUT2D eigenvalue weighted by molar-refractivity contribution is 7.89. The number of hydrogen-bond donors (Lipinski definition) is 0. The van der Waals surface area contributed by atoms with Crippen molar-refractivity contribution in [2.75, 3.05) is 26.2 Å². The van der Waals surface area contributed by atoms with Crippen LogP contribution in [0.1, 0.15) is 11.5 Å². The molecular formula is C18H20ClN5O4S2. The predicted octanol–water partition coefficient (Wildman–Crippen LogP) is 3.09. The van der Waals surface area contributed by atoms with E-state index in [0.717, 1.165) is 5.56 Å². The largest absolute Gasteiger partial charge is 0.409 e. The molecule has 1 saturated heterocycles. The van der Waals surface area contributed by atoms with E-state index in [-0.39, 0.29) is 9.73 Å². The molecule has 0 radical (unpaired) electrons. The van der Waals surface area contributed by atoms with Gasteiger partial charge in [0.2, 0.25) is 15.9 Å². The summed E-state index contributed by atoms with van der Waals surface area (Å²) in [5, 5.41) is 8.83. The molecule has 4 rings (SSSR count). The highest BCUT2D eigenvalue weighted by Gasteiger charge is 2.33. The second-order valence-electron chi connectivity index (χ2n) is 7.00. The van der Waals surface area contributed by atoms with Crippen molar-refractivity contribution in [2.45, 2.75) is 25.4 Å². The minimum absolute atomic E-state index is 0.155. The molecule has 0 N–H and O–H groups in total. The third kappa shape index (κ3) is 4.08. The van der Waals surface area contributed by atoms with E-state index in [9.17, 15) is 8.42 Å². The van der Waals surface area contributed by atoms with Gasteiger partial charge in [-0.1, -0.05) is 16.8 Å². The van der Waals surface area contributed by atoms with E-state index >= 15 is 0 Å². The highest BCUT2D eigenvalue weighted by atomic mass is 35.5. The van der Waals surface area contributed by atoms with Gasteiger partial charge in [0.15, 0.2) is 5.76 Å². The molecule has 30 heavy (non-hydrogen) atoms. The molecule has 0 amide bonds. The van der Waals surface area contributed by atoms with Crippen molar-refractivity contribution in [2.24, 2.45) is 0 Å². The molecule has 0 aliphatic carbocycles. The zero-order valence-electron chi connectivity index (χ0n) is 16.4. The number of benzene rings is 1. The van der Waals surface area contributed by atoms with Crippen molar-refractivity contribution in [3.8, 4) is 11.5 Å². The van der Waals surface area contributed by atoms with Gasteiger partial charge in [-0.25, -0.2) is 13.1 Å². The zero-order chi connectivity index (χ0) is 21.5. The first-order valence-corrected chi connectivity index (χ1v) is 11.5. The average molecular weight is 470 g/mol. The summed E-state index contributed by atoms with van der Waals surface area (Å²) in [7, 11) is -3.64. The fourth-order valence-corrected chi connectivity index (χ4v) is 5.39. The molecule has 1 fully saturated rings. The van der Waals surface area contributed by atoms with Gasteiger partial charge in [-0.05, 0) is 50.3 Å². The molecule has 160 valence electrons. The number of aromatic nitrogens is 3. The fourth-order valence-electron chi connectivity index (χ4n) is 3.38. The first kappa shape index (κ1) is 21.2. The number of hydrogen-bond acceptors (Lipinski definition) is 8. The van der Waals surface area contributed by atoms with Crippen LogP contribution in [0, 0.1) is 18.7 Å². The molecule has 9 nitrogen and oxygen atoms in total. The Bertz CT molecular complexity index is 1190. The van der Waals surface area contributed by atoms with Crippen LogP contribution in [0.5, 0.6) is 0 Å². The van der Waals surface area contributed by atoms with E-state index in [1.165, 1.54) is 4.31 Å². The van der Waals surface area contributed by atoms with E-state index in [4.69, 9.17) is 32.8 Å². The molecular weight excluding hydrogens is 450 g/mol. The van der Waals surface area contributed by atoms with Gasteiger partial charge in [-0.2, -0.15) is 4.31 Å². The van der Waals surface area contributed by atoms with E-state index in [1.54, 1.807) is 30.7 Å². The van der Waals surface area contributed by atoms with Gasteiger partial charge in [-0.3, -0.25) is 4.90 Å². The summed E-state index contributed by atoms with van der Waals surface area (Å²) in [6.45, 7) is 5.41. The van der Waals surface area contributed by atoms with Gasteiger partial charge in [0.05, 0.1) is 6.67 Å². The quantitative estimate of drug-likeness (QED) is 0.526. The Morgan fingerprint density at radius 2 is 1.80 bits per heavy atom. The molecule has 12 heteroatoms. The Morgan fingerprint density at radius 1 is 1.13 bits per heavy atom. The molecule has 0 spiro atoms. The molecule has 0 atom stereocenters. The van der Waals surface area contributed by atoms with Crippen LogP contribution in [-0.4, -0.2) is 58.7 Å². The molecule has 0 unspecified atom stereocenters. The minimum atomic E-state index is -3.64. The van der Waals surface area contributed by atoms with Crippen molar-refractivity contribution < 1.29 is 17.4 Å². The summed E-state index contributed by atoms with van der Waals surface area (Å²) in [6, 6.07) is 7.14. The summed E-state index contributed by atoms with van der Waals surface area (Å²) < 4.78 is 39.6. The van der Waals surface area contributed by atoms with Crippen LogP contribution in [0.15, 0.2) is 38.1 Å². The van der Waals surface area contributed by atoms with E-state index in [0.29, 0.717) is 55.2 Å². The number of sulfonamides is 1. The monoisotopic (exact) mass is 469 g/mol. The van der Waals surface area contributed by atoms with E-state index in [1.807, 2.05) is 12.1 Å². The number of halogens is 1. The zero-order valence-corrected chi connectivity index (χ0v) is 18.8. The topological polar surface area (TPSA) is 97.6 Å². The second-order valence-corrected chi connectivity index (χ2v) is 9.66. The van der Waals surface area contributed by atoms with Crippen molar-refractivity contribution in [3.05, 3.63) is 45.6 Å². The normalized spacial score (nSPS) is 16.2. The summed E-state index contributed by atoms with van der Waals surface area (Å²) in [5.74, 6) is 0.717. The number of aryl methyl sites for hydroxylation is 2. The van der Waals surface area contributed by atoms with Crippen molar-refractivity contribution >= 4 is 33.8 Å². The van der Waals surface area contributed by atoms with Crippen LogP contribution < -0.4 is 0 Å². The fraction of sp³-hybridized carbons (Fsp3) is 0.389. The lowest BCUT2D eigenvalue weighted by atomic mass is 10.2. The van der Waals surface area contributed by atoms with Gasteiger partial charge in [0.25, 0.3) is 4.84 Å². The number of rotatable bonds is 5. The highest BCUT2D eigenvalue weighted by Crippen LogP contribution is 2.25. The Labute approximate surface area is 183 Å². The Balaban J connectivity index is 1.43. The van der Waals surface area contributed by atoms with Crippen molar-refractivity contribution in [1.82, 2.24) is 24.1 Å². The standard InChI is InChI=1S/C18H20ClN5O4S2/c1-12-16(13(2)28-21-12)30(25,26)23-9-7-22(8-10-23)11-24-18(29)27-17(20-24)14-3-5-15(19)6-4-14/h3-6H,7-11H2,1-2H3. The van der Waals surface area contributed by atoms with Crippen LogP contribution in [0.4, 0.5) is 0 Å². The number of nitrogens with zero attached hydrogens (tertiary/aromatic N) is 5. The van der Waals surface area contributed by atoms with Crippen LogP contribution in [0.3, 0.4) is 0 Å². The van der Waals surface area contributed by atoms with Gasteiger partial charge in [0, 0.05) is 36.8 Å². The SMILES string of the molecule is Cc1noc(C)c1S(=O)(=O)N1CCN(Cn2nc(-c3ccc(Cl)cc3)oc2=S)CC1. The molecule has 1 aromatic carbocycles. The lowest BCUT2D eigenvalue weighted by Crippen LogP contribution is -2.49. The van der Waals surface area contributed by atoms with Crippen LogP contribution >= 0.6 is 23.8 Å². The predicted molar refractivity (Wildman–Crippen MR) is 112 cm³/mol. The summed E-state index contributed by atoms with van der Waals surface area (Å²) in [6.07, 6.45) is 0. The molecule has 3 aromatic rings. The Morgan fingerprint density at radius 3 is 2.40 bits per heavy atom. The lowest BCUT2D eigenvalue weighted by Gasteiger charge is -2.33. The molecule has 0 bridgehead atoms. The number of piperazine rings is 1. The van der Waals surface area contributed by atoms with E-state index < -0.39 is 10.0 Å². The van der Waals surface area contributed by atoms with E-state index in [2.05, 4.69) is 15.2 Å². The first-order chi connectivity index (χ1) is 14.3. The molecule has 1 aliphatic rings. The van der Waals surface area contributed by atoms with Gasteiger partial charge in [-0.15, -0.1) is 5.10 Å². The van der Waals surface area contributed by atoms with Crippen molar-refractivity contribution in [3.63, 3.8) is 0 Å². The van der Waals surface area contributed by atoms with Crippen molar-refractivity contribution in [1.29, 1.82) is 0 Å². The summed E-state index contributed by atoms with van der Waals surface area (Å²) >= 11 is 11.2. The van der Waals surface area contributed by atoms with Crippen LogP contribution in [-0.2, 0) is 16.7 Å². The molecule has 1 aliphatic heterocycles. The maximum atomic E-state index is 12.9. The summed E-state index contributed by atoms with van der Waals surface area (Å²) in [5.41, 5.74) is 1.15. The Kier molecular flexibility index (Phi) is 5.82. The third-order valence-corrected chi connectivity index (χ3v) is 7.62.